The zero-order chi connectivity index (χ0) is 14.5. The Morgan fingerprint density at radius 1 is 1.35 bits per heavy atom. The van der Waals surface area contributed by atoms with Crippen LogP contribution < -0.4 is 10.6 Å². The van der Waals surface area contributed by atoms with Crippen LogP contribution in [0.3, 0.4) is 0 Å². The zero-order valence-electron chi connectivity index (χ0n) is 11.9. The van der Waals surface area contributed by atoms with Crippen LogP contribution in [0.4, 0.5) is 5.69 Å². The van der Waals surface area contributed by atoms with Crippen molar-refractivity contribution in [2.75, 3.05) is 11.4 Å². The highest BCUT2D eigenvalue weighted by Gasteiger charge is 2.19. The van der Waals surface area contributed by atoms with E-state index < -0.39 is 0 Å². The van der Waals surface area contributed by atoms with Gasteiger partial charge in [0.25, 0.3) is 5.91 Å². The van der Waals surface area contributed by atoms with Gasteiger partial charge >= 0.3 is 0 Å². The number of carbonyl (C=O) groups is 1. The molecule has 0 saturated carbocycles. The summed E-state index contributed by atoms with van der Waals surface area (Å²) in [5.74, 6) is -0.0291. The Kier molecular flexibility index (Phi) is 4.53. The molecule has 2 rings (SSSR count). The third-order valence-electron chi connectivity index (χ3n) is 3.24. The van der Waals surface area contributed by atoms with E-state index in [9.17, 15) is 4.79 Å². The van der Waals surface area contributed by atoms with Crippen molar-refractivity contribution in [2.45, 2.75) is 26.8 Å². The van der Waals surface area contributed by atoms with Gasteiger partial charge in [-0.3, -0.25) is 9.89 Å². The Balaban J connectivity index is 2.30. The molecule has 0 atom stereocenters. The van der Waals surface area contributed by atoms with Crippen molar-refractivity contribution in [3.05, 3.63) is 47.3 Å². The molecule has 3 N–H and O–H groups in total. The Morgan fingerprint density at radius 3 is 2.55 bits per heavy atom. The van der Waals surface area contributed by atoms with Gasteiger partial charge in [0, 0.05) is 24.5 Å². The molecular weight excluding hydrogens is 252 g/mol. The van der Waals surface area contributed by atoms with Gasteiger partial charge in [-0.05, 0) is 31.0 Å². The van der Waals surface area contributed by atoms with Crippen LogP contribution in [0.15, 0.2) is 30.5 Å². The summed E-state index contributed by atoms with van der Waals surface area (Å²) >= 11 is 0. The van der Waals surface area contributed by atoms with E-state index in [1.165, 1.54) is 0 Å². The smallest absolute Gasteiger partial charge is 0.261 e. The van der Waals surface area contributed by atoms with Gasteiger partial charge in [0.15, 0.2) is 0 Å². The highest BCUT2D eigenvalue weighted by atomic mass is 16.2. The van der Waals surface area contributed by atoms with E-state index in [1.807, 2.05) is 31.2 Å². The number of aromatic nitrogens is 2. The highest BCUT2D eigenvalue weighted by Crippen LogP contribution is 2.19. The summed E-state index contributed by atoms with van der Waals surface area (Å²) in [7, 11) is 0. The van der Waals surface area contributed by atoms with Crippen molar-refractivity contribution in [1.82, 2.24) is 10.2 Å². The fourth-order valence-corrected chi connectivity index (χ4v) is 2.10. The van der Waals surface area contributed by atoms with Crippen LogP contribution in [-0.2, 0) is 6.54 Å². The second-order valence-electron chi connectivity index (χ2n) is 4.74. The lowest BCUT2D eigenvalue weighted by Crippen LogP contribution is -2.31. The Morgan fingerprint density at radius 2 is 2.05 bits per heavy atom. The molecule has 0 unspecified atom stereocenters. The lowest BCUT2D eigenvalue weighted by molar-refractivity contribution is 0.0986. The van der Waals surface area contributed by atoms with Crippen LogP contribution in [0, 0.1) is 6.92 Å². The molecule has 1 aromatic carbocycles. The first-order valence-electron chi connectivity index (χ1n) is 6.78. The SMILES string of the molecule is CCCN(C(=O)c1cn[nH]c1C)c1ccc(CN)cc1. The first kappa shape index (κ1) is 14.3. The molecule has 0 aliphatic heterocycles. The number of nitrogens with two attached hydrogens (primary N) is 1. The highest BCUT2D eigenvalue weighted by molar-refractivity contribution is 6.06. The molecular formula is C15H20N4O. The number of carbonyl (C=O) groups excluding carboxylic acids is 1. The fraction of sp³-hybridized carbons (Fsp3) is 0.333. The van der Waals surface area contributed by atoms with Crippen molar-refractivity contribution in [3.8, 4) is 0 Å². The van der Waals surface area contributed by atoms with Gasteiger partial charge in [0.1, 0.15) is 0 Å². The lowest BCUT2D eigenvalue weighted by Gasteiger charge is -2.22. The summed E-state index contributed by atoms with van der Waals surface area (Å²) in [6.07, 6.45) is 2.47. The fourth-order valence-electron chi connectivity index (χ4n) is 2.10. The predicted octanol–water partition coefficient (Wildman–Crippen LogP) is 2.23. The maximum atomic E-state index is 12.6. The van der Waals surface area contributed by atoms with E-state index >= 15 is 0 Å². The monoisotopic (exact) mass is 272 g/mol. The average Bonchev–Trinajstić information content (AvgIpc) is 2.90. The molecule has 0 fully saturated rings. The van der Waals surface area contributed by atoms with Crippen LogP contribution >= 0.6 is 0 Å². The van der Waals surface area contributed by atoms with Crippen molar-refractivity contribution in [1.29, 1.82) is 0 Å². The van der Waals surface area contributed by atoms with E-state index in [0.29, 0.717) is 18.7 Å². The van der Waals surface area contributed by atoms with E-state index in [1.54, 1.807) is 11.1 Å². The average molecular weight is 272 g/mol. The predicted molar refractivity (Wildman–Crippen MR) is 79.6 cm³/mol. The minimum Gasteiger partial charge on any atom is -0.326 e. The molecule has 0 bridgehead atoms. The van der Waals surface area contributed by atoms with Gasteiger partial charge in [0.05, 0.1) is 11.8 Å². The maximum Gasteiger partial charge on any atom is 0.261 e. The molecule has 1 aromatic heterocycles. The molecule has 106 valence electrons. The van der Waals surface area contributed by atoms with Crippen LogP contribution in [0.1, 0.15) is 35.0 Å². The maximum absolute atomic E-state index is 12.6. The second kappa shape index (κ2) is 6.34. The molecule has 5 nitrogen and oxygen atoms in total. The molecule has 0 radical (unpaired) electrons. The minimum absolute atomic E-state index is 0.0291. The van der Waals surface area contributed by atoms with Crippen molar-refractivity contribution >= 4 is 11.6 Å². The van der Waals surface area contributed by atoms with Gasteiger partial charge < -0.3 is 10.6 Å². The number of rotatable bonds is 5. The number of amides is 1. The summed E-state index contributed by atoms with van der Waals surface area (Å²) in [5.41, 5.74) is 8.93. The number of hydrogen-bond donors (Lipinski definition) is 2. The van der Waals surface area contributed by atoms with Crippen LogP contribution in [0.25, 0.3) is 0 Å². The van der Waals surface area contributed by atoms with E-state index in [4.69, 9.17) is 5.73 Å². The summed E-state index contributed by atoms with van der Waals surface area (Å²) in [6.45, 7) is 5.08. The number of anilines is 1. The summed E-state index contributed by atoms with van der Waals surface area (Å²) < 4.78 is 0. The van der Waals surface area contributed by atoms with Crippen LogP contribution in [0.2, 0.25) is 0 Å². The number of benzene rings is 1. The number of nitrogens with one attached hydrogen (secondary N) is 1. The molecule has 0 saturated heterocycles. The van der Waals surface area contributed by atoms with Crippen molar-refractivity contribution in [2.24, 2.45) is 5.73 Å². The molecule has 0 aliphatic rings. The lowest BCUT2D eigenvalue weighted by atomic mass is 10.1. The molecule has 0 aliphatic carbocycles. The van der Waals surface area contributed by atoms with Gasteiger partial charge in [-0.2, -0.15) is 5.10 Å². The first-order valence-corrected chi connectivity index (χ1v) is 6.78. The van der Waals surface area contributed by atoms with Crippen molar-refractivity contribution < 1.29 is 4.79 Å². The molecule has 1 heterocycles. The first-order chi connectivity index (χ1) is 9.67. The van der Waals surface area contributed by atoms with Gasteiger partial charge in [-0.25, -0.2) is 0 Å². The van der Waals surface area contributed by atoms with Gasteiger partial charge in [0.2, 0.25) is 0 Å². The molecule has 0 spiro atoms. The largest absolute Gasteiger partial charge is 0.326 e. The third kappa shape index (κ3) is 2.88. The Bertz CT molecular complexity index is 574. The normalized spacial score (nSPS) is 10.6. The number of nitrogens with zero attached hydrogens (tertiary/aromatic N) is 2. The summed E-state index contributed by atoms with van der Waals surface area (Å²) in [5, 5.41) is 6.72. The van der Waals surface area contributed by atoms with Crippen LogP contribution in [0.5, 0.6) is 0 Å². The third-order valence-corrected chi connectivity index (χ3v) is 3.24. The zero-order valence-corrected chi connectivity index (χ0v) is 11.9. The number of aromatic amines is 1. The summed E-state index contributed by atoms with van der Waals surface area (Å²) in [4.78, 5) is 14.4. The number of hydrogen-bond acceptors (Lipinski definition) is 3. The standard InChI is InChI=1S/C15H20N4O/c1-3-8-19(13-6-4-12(9-16)5-7-13)15(20)14-10-17-18-11(14)2/h4-7,10H,3,8-9,16H2,1-2H3,(H,17,18). The Hall–Kier alpha value is -2.14. The van der Waals surface area contributed by atoms with E-state index in [2.05, 4.69) is 17.1 Å². The summed E-state index contributed by atoms with van der Waals surface area (Å²) in [6, 6.07) is 7.78. The molecule has 2 aromatic rings. The minimum atomic E-state index is -0.0291. The molecule has 1 amide bonds. The van der Waals surface area contributed by atoms with Gasteiger partial charge in [-0.15, -0.1) is 0 Å². The number of aryl methyl sites for hydroxylation is 1. The number of H-pyrrole nitrogens is 1. The van der Waals surface area contributed by atoms with E-state index in [0.717, 1.165) is 23.4 Å². The Labute approximate surface area is 118 Å². The van der Waals surface area contributed by atoms with Gasteiger partial charge in [-0.1, -0.05) is 19.1 Å². The molecule has 20 heavy (non-hydrogen) atoms. The van der Waals surface area contributed by atoms with Crippen molar-refractivity contribution in [3.63, 3.8) is 0 Å². The topological polar surface area (TPSA) is 75.0 Å². The van der Waals surface area contributed by atoms with Crippen LogP contribution in [-0.4, -0.2) is 22.6 Å². The molecule has 5 heteroatoms. The van der Waals surface area contributed by atoms with E-state index in [-0.39, 0.29) is 5.91 Å². The quantitative estimate of drug-likeness (QED) is 0.876. The second-order valence-corrected chi connectivity index (χ2v) is 4.74.